The van der Waals surface area contributed by atoms with Gasteiger partial charge in [0, 0.05) is 34.5 Å². The van der Waals surface area contributed by atoms with E-state index in [2.05, 4.69) is 15.5 Å². The lowest BCUT2D eigenvalue weighted by Crippen LogP contribution is -2.16. The summed E-state index contributed by atoms with van der Waals surface area (Å²) in [5, 5.41) is 11.9. The average Bonchev–Trinajstić information content (AvgIpc) is 3.06. The number of halogens is 1. The number of nitrogens with zero attached hydrogens (tertiary/aromatic N) is 3. The zero-order valence-electron chi connectivity index (χ0n) is 15.2. The molecule has 0 aliphatic heterocycles. The zero-order chi connectivity index (χ0) is 20.1. The van der Waals surface area contributed by atoms with Gasteiger partial charge in [0.25, 0.3) is 0 Å². The van der Waals surface area contributed by atoms with Gasteiger partial charge < -0.3 is 20.6 Å². The largest absolute Gasteiger partial charge is 0.497 e. The van der Waals surface area contributed by atoms with Gasteiger partial charge in [0.1, 0.15) is 11.5 Å². The van der Waals surface area contributed by atoms with Crippen molar-refractivity contribution in [3.8, 4) is 22.9 Å². The Balaban J connectivity index is 1.66. The number of amides is 1. The van der Waals surface area contributed by atoms with Gasteiger partial charge in [-0.05, 0) is 12.1 Å². The van der Waals surface area contributed by atoms with Crippen molar-refractivity contribution in [2.75, 3.05) is 31.1 Å². The van der Waals surface area contributed by atoms with Crippen molar-refractivity contribution >= 4 is 35.0 Å². The zero-order valence-corrected chi connectivity index (χ0v) is 16.8. The SMILES string of the molecule is COc1cc(NC(=O)CSc2nnc(-c3cccc(Cl)c3)n2N)cc(OC)c1. The number of ether oxygens (including phenoxy) is 2. The second-order valence-corrected chi connectivity index (χ2v) is 7.00. The predicted molar refractivity (Wildman–Crippen MR) is 110 cm³/mol. The van der Waals surface area contributed by atoms with E-state index in [0.29, 0.717) is 33.2 Å². The van der Waals surface area contributed by atoms with Crippen LogP contribution in [0.25, 0.3) is 11.4 Å². The van der Waals surface area contributed by atoms with Gasteiger partial charge in [-0.1, -0.05) is 35.5 Å². The molecule has 0 aliphatic rings. The minimum absolute atomic E-state index is 0.102. The molecular formula is C18H18ClN5O3S. The molecule has 28 heavy (non-hydrogen) atoms. The highest BCUT2D eigenvalue weighted by Gasteiger charge is 2.14. The number of benzene rings is 2. The summed E-state index contributed by atoms with van der Waals surface area (Å²) in [5.41, 5.74) is 1.30. The number of carbonyl (C=O) groups excluding carboxylic acids is 1. The number of hydrogen-bond acceptors (Lipinski definition) is 7. The van der Waals surface area contributed by atoms with Gasteiger partial charge in [-0.2, -0.15) is 0 Å². The normalized spacial score (nSPS) is 10.5. The van der Waals surface area contributed by atoms with Crippen molar-refractivity contribution in [2.45, 2.75) is 5.16 Å². The topological polar surface area (TPSA) is 104 Å². The van der Waals surface area contributed by atoms with Gasteiger partial charge in [-0.15, -0.1) is 10.2 Å². The van der Waals surface area contributed by atoms with Crippen molar-refractivity contribution in [1.29, 1.82) is 0 Å². The maximum Gasteiger partial charge on any atom is 0.234 e. The molecule has 0 saturated heterocycles. The highest BCUT2D eigenvalue weighted by atomic mass is 35.5. The minimum Gasteiger partial charge on any atom is -0.497 e. The highest BCUT2D eigenvalue weighted by Crippen LogP contribution is 2.27. The number of nitrogens with two attached hydrogens (primary N) is 1. The molecule has 146 valence electrons. The van der Waals surface area contributed by atoms with Crippen LogP contribution in [0.15, 0.2) is 47.6 Å². The van der Waals surface area contributed by atoms with E-state index in [1.165, 1.54) is 16.4 Å². The summed E-state index contributed by atoms with van der Waals surface area (Å²) in [6.07, 6.45) is 0. The van der Waals surface area contributed by atoms with Crippen molar-refractivity contribution < 1.29 is 14.3 Å². The van der Waals surface area contributed by atoms with E-state index in [0.717, 1.165) is 5.56 Å². The lowest BCUT2D eigenvalue weighted by Gasteiger charge is -2.09. The fraction of sp³-hybridized carbons (Fsp3) is 0.167. The molecule has 1 aromatic heterocycles. The van der Waals surface area contributed by atoms with Crippen LogP contribution in [0.4, 0.5) is 5.69 Å². The lowest BCUT2D eigenvalue weighted by atomic mass is 10.2. The quantitative estimate of drug-likeness (QED) is 0.448. The van der Waals surface area contributed by atoms with Crippen LogP contribution in [0.5, 0.6) is 11.5 Å². The molecule has 0 fully saturated rings. The molecule has 0 bridgehead atoms. The van der Waals surface area contributed by atoms with E-state index < -0.39 is 0 Å². The first kappa shape index (κ1) is 19.8. The predicted octanol–water partition coefficient (Wildman–Crippen LogP) is 3.06. The van der Waals surface area contributed by atoms with Crippen molar-refractivity contribution in [2.24, 2.45) is 0 Å². The van der Waals surface area contributed by atoms with Crippen LogP contribution in [0.1, 0.15) is 0 Å². The summed E-state index contributed by atoms with van der Waals surface area (Å²) >= 11 is 7.17. The molecule has 0 saturated carbocycles. The van der Waals surface area contributed by atoms with Crippen LogP contribution in [-0.4, -0.2) is 40.8 Å². The van der Waals surface area contributed by atoms with Gasteiger partial charge in [-0.3, -0.25) is 4.79 Å². The van der Waals surface area contributed by atoms with Crippen LogP contribution >= 0.6 is 23.4 Å². The van der Waals surface area contributed by atoms with Crippen LogP contribution in [0.2, 0.25) is 5.02 Å². The summed E-state index contributed by atoms with van der Waals surface area (Å²) in [7, 11) is 3.09. The van der Waals surface area contributed by atoms with E-state index in [-0.39, 0.29) is 11.7 Å². The number of carbonyl (C=O) groups is 1. The lowest BCUT2D eigenvalue weighted by molar-refractivity contribution is -0.113. The van der Waals surface area contributed by atoms with Crippen LogP contribution < -0.4 is 20.6 Å². The second kappa shape index (κ2) is 8.85. The summed E-state index contributed by atoms with van der Waals surface area (Å²) in [6.45, 7) is 0. The van der Waals surface area contributed by atoms with E-state index in [1.807, 2.05) is 6.07 Å². The number of hydrogen-bond donors (Lipinski definition) is 2. The molecule has 0 aliphatic carbocycles. The van der Waals surface area contributed by atoms with Crippen molar-refractivity contribution in [1.82, 2.24) is 14.9 Å². The van der Waals surface area contributed by atoms with Gasteiger partial charge in [0.05, 0.1) is 20.0 Å². The Morgan fingerprint density at radius 3 is 2.54 bits per heavy atom. The third-order valence-electron chi connectivity index (χ3n) is 3.71. The average molecular weight is 420 g/mol. The Morgan fingerprint density at radius 2 is 1.89 bits per heavy atom. The molecule has 1 heterocycles. The fourth-order valence-electron chi connectivity index (χ4n) is 2.41. The molecular weight excluding hydrogens is 402 g/mol. The first-order valence-electron chi connectivity index (χ1n) is 8.12. The molecule has 8 nitrogen and oxygen atoms in total. The first-order chi connectivity index (χ1) is 13.5. The van der Waals surface area contributed by atoms with Crippen molar-refractivity contribution in [3.05, 3.63) is 47.5 Å². The third kappa shape index (κ3) is 4.68. The summed E-state index contributed by atoms with van der Waals surface area (Å²) in [6, 6.07) is 12.3. The number of rotatable bonds is 7. The molecule has 0 unspecified atom stereocenters. The van der Waals surface area contributed by atoms with E-state index in [4.69, 9.17) is 26.9 Å². The smallest absolute Gasteiger partial charge is 0.234 e. The third-order valence-corrected chi connectivity index (χ3v) is 4.89. The fourth-order valence-corrected chi connectivity index (χ4v) is 3.25. The summed E-state index contributed by atoms with van der Waals surface area (Å²) in [4.78, 5) is 12.3. The van der Waals surface area contributed by atoms with E-state index in [9.17, 15) is 4.79 Å². The Hall–Kier alpha value is -2.91. The standard InChI is InChI=1S/C18H18ClN5O3S/c1-26-14-7-13(8-15(9-14)27-2)21-16(25)10-28-18-23-22-17(24(18)20)11-4-3-5-12(19)6-11/h3-9H,10,20H2,1-2H3,(H,21,25). The first-order valence-corrected chi connectivity index (χ1v) is 9.48. The molecule has 10 heteroatoms. The highest BCUT2D eigenvalue weighted by molar-refractivity contribution is 7.99. The Kier molecular flexibility index (Phi) is 6.27. The summed E-state index contributed by atoms with van der Waals surface area (Å²) < 4.78 is 11.7. The Bertz CT molecular complexity index is 973. The van der Waals surface area contributed by atoms with Crippen LogP contribution in [0.3, 0.4) is 0 Å². The summed E-state index contributed by atoms with van der Waals surface area (Å²) in [5.74, 6) is 7.55. The number of methoxy groups -OCH3 is 2. The van der Waals surface area contributed by atoms with Gasteiger partial charge >= 0.3 is 0 Å². The molecule has 0 atom stereocenters. The Morgan fingerprint density at radius 1 is 1.18 bits per heavy atom. The molecule has 1 amide bonds. The molecule has 3 N–H and O–H groups in total. The number of thioether (sulfide) groups is 1. The Labute approximate surface area is 171 Å². The van der Waals surface area contributed by atoms with Crippen LogP contribution in [0, 0.1) is 0 Å². The van der Waals surface area contributed by atoms with Gasteiger partial charge in [-0.25, -0.2) is 4.68 Å². The molecule has 3 aromatic rings. The van der Waals surface area contributed by atoms with Crippen molar-refractivity contribution in [3.63, 3.8) is 0 Å². The maximum absolute atomic E-state index is 12.3. The second-order valence-electron chi connectivity index (χ2n) is 5.62. The molecule has 2 aromatic carbocycles. The molecule has 3 rings (SSSR count). The monoisotopic (exact) mass is 419 g/mol. The molecule has 0 spiro atoms. The van der Waals surface area contributed by atoms with E-state index >= 15 is 0 Å². The maximum atomic E-state index is 12.3. The number of nitrogens with one attached hydrogen (secondary N) is 1. The molecule has 0 radical (unpaired) electrons. The van der Waals surface area contributed by atoms with E-state index in [1.54, 1.807) is 50.6 Å². The number of nitrogen functional groups attached to an aromatic ring is 1. The minimum atomic E-state index is -0.229. The van der Waals surface area contributed by atoms with Gasteiger partial charge in [0.2, 0.25) is 11.1 Å². The number of anilines is 1. The number of aromatic nitrogens is 3. The van der Waals surface area contributed by atoms with Crippen LogP contribution in [-0.2, 0) is 4.79 Å². The van der Waals surface area contributed by atoms with Gasteiger partial charge in [0.15, 0.2) is 5.82 Å².